The van der Waals surface area contributed by atoms with Crippen LogP contribution in [0.1, 0.15) is 5.56 Å². The first-order valence-corrected chi connectivity index (χ1v) is 7.28. The average Bonchev–Trinajstić information content (AvgIpc) is 3.03. The van der Waals surface area contributed by atoms with Crippen molar-refractivity contribution < 1.29 is 19.0 Å². The molecule has 0 atom stereocenters. The number of hydrogen-bond donors (Lipinski definition) is 2. The van der Waals surface area contributed by atoms with Gasteiger partial charge >= 0.3 is 0 Å². The van der Waals surface area contributed by atoms with Gasteiger partial charge in [0.05, 0.1) is 13.7 Å². The zero-order valence-corrected chi connectivity index (χ0v) is 12.8. The number of nitrogens with one attached hydrogen (secondary N) is 2. The molecule has 0 radical (unpaired) electrons. The molecule has 1 heterocycles. The van der Waals surface area contributed by atoms with Gasteiger partial charge in [-0.05, 0) is 42.0 Å². The largest absolute Gasteiger partial charge is 0.497 e. The number of amides is 1. The maximum atomic E-state index is 11.9. The number of methoxy groups -OCH3 is 1. The highest BCUT2D eigenvalue weighted by Crippen LogP contribution is 2.32. The molecule has 2 aromatic carbocycles. The van der Waals surface area contributed by atoms with E-state index in [1.54, 1.807) is 31.4 Å². The van der Waals surface area contributed by atoms with Crippen molar-refractivity contribution in [3.63, 3.8) is 0 Å². The Hall–Kier alpha value is -2.73. The summed E-state index contributed by atoms with van der Waals surface area (Å²) in [6, 6.07) is 12.9. The summed E-state index contributed by atoms with van der Waals surface area (Å²) in [5, 5.41) is 5.92. The van der Waals surface area contributed by atoms with E-state index >= 15 is 0 Å². The van der Waals surface area contributed by atoms with Crippen LogP contribution in [-0.4, -0.2) is 26.4 Å². The van der Waals surface area contributed by atoms with E-state index in [0.29, 0.717) is 6.54 Å². The Balaban J connectivity index is 1.45. The Morgan fingerprint density at radius 1 is 1.13 bits per heavy atom. The minimum absolute atomic E-state index is 0.101. The van der Waals surface area contributed by atoms with Gasteiger partial charge in [0.2, 0.25) is 12.7 Å². The summed E-state index contributed by atoms with van der Waals surface area (Å²) in [5.41, 5.74) is 1.77. The van der Waals surface area contributed by atoms with Crippen LogP contribution in [0.3, 0.4) is 0 Å². The molecule has 0 aromatic heterocycles. The summed E-state index contributed by atoms with van der Waals surface area (Å²) in [5.74, 6) is 2.15. The fraction of sp³-hybridized carbons (Fsp3) is 0.235. The molecular weight excluding hydrogens is 296 g/mol. The molecule has 0 aliphatic carbocycles. The summed E-state index contributed by atoms with van der Waals surface area (Å²) in [4.78, 5) is 11.9. The second kappa shape index (κ2) is 7.02. The number of rotatable bonds is 6. The van der Waals surface area contributed by atoms with E-state index in [4.69, 9.17) is 14.2 Å². The van der Waals surface area contributed by atoms with E-state index < -0.39 is 0 Å². The van der Waals surface area contributed by atoms with Gasteiger partial charge in [-0.25, -0.2) is 0 Å². The molecule has 0 bridgehead atoms. The molecule has 0 fully saturated rings. The van der Waals surface area contributed by atoms with Crippen molar-refractivity contribution in [2.24, 2.45) is 0 Å². The quantitative estimate of drug-likeness (QED) is 0.855. The molecule has 1 aliphatic heterocycles. The second-order valence-electron chi connectivity index (χ2n) is 5.07. The molecule has 6 nitrogen and oxygen atoms in total. The SMILES string of the molecule is COc1ccc(NC(=O)CNCc2ccc3c(c2)OCO3)cc1. The van der Waals surface area contributed by atoms with E-state index in [-0.39, 0.29) is 19.2 Å². The zero-order valence-electron chi connectivity index (χ0n) is 12.8. The summed E-state index contributed by atoms with van der Waals surface area (Å²) in [6.45, 7) is 1.06. The second-order valence-corrected chi connectivity index (χ2v) is 5.07. The highest BCUT2D eigenvalue weighted by molar-refractivity contribution is 5.92. The Morgan fingerprint density at radius 2 is 1.91 bits per heavy atom. The summed E-state index contributed by atoms with van der Waals surface area (Å²) < 4.78 is 15.7. The van der Waals surface area contributed by atoms with Crippen molar-refractivity contribution in [1.29, 1.82) is 0 Å². The highest BCUT2D eigenvalue weighted by Gasteiger charge is 2.13. The van der Waals surface area contributed by atoms with Crippen molar-refractivity contribution in [2.75, 3.05) is 25.8 Å². The lowest BCUT2D eigenvalue weighted by Crippen LogP contribution is -2.27. The molecule has 2 aromatic rings. The summed E-state index contributed by atoms with van der Waals surface area (Å²) in [7, 11) is 1.60. The maximum Gasteiger partial charge on any atom is 0.238 e. The predicted octanol–water partition coefficient (Wildman–Crippen LogP) is 2.15. The molecule has 0 spiro atoms. The Bertz CT molecular complexity index is 685. The minimum Gasteiger partial charge on any atom is -0.497 e. The molecule has 2 N–H and O–H groups in total. The van der Waals surface area contributed by atoms with Gasteiger partial charge in [-0.2, -0.15) is 0 Å². The molecule has 1 amide bonds. The molecule has 6 heteroatoms. The van der Waals surface area contributed by atoms with Crippen LogP contribution in [0, 0.1) is 0 Å². The first kappa shape index (κ1) is 15.2. The van der Waals surface area contributed by atoms with Crippen molar-refractivity contribution in [1.82, 2.24) is 5.32 Å². The number of hydrogen-bond acceptors (Lipinski definition) is 5. The van der Waals surface area contributed by atoms with E-state index in [2.05, 4.69) is 10.6 Å². The molecule has 1 aliphatic rings. The van der Waals surface area contributed by atoms with Crippen LogP contribution in [0.15, 0.2) is 42.5 Å². The van der Waals surface area contributed by atoms with Gasteiger partial charge in [0.15, 0.2) is 11.5 Å². The van der Waals surface area contributed by atoms with E-state index in [0.717, 1.165) is 28.5 Å². The van der Waals surface area contributed by atoms with Gasteiger partial charge in [-0.3, -0.25) is 4.79 Å². The molecule has 3 rings (SSSR count). The van der Waals surface area contributed by atoms with Crippen molar-refractivity contribution in [2.45, 2.75) is 6.54 Å². The maximum absolute atomic E-state index is 11.9. The topological polar surface area (TPSA) is 68.8 Å². The minimum atomic E-state index is -0.101. The van der Waals surface area contributed by atoms with Crippen molar-refractivity contribution in [3.8, 4) is 17.2 Å². The van der Waals surface area contributed by atoms with Crippen molar-refractivity contribution >= 4 is 11.6 Å². The molecule has 0 saturated heterocycles. The number of carbonyl (C=O) groups is 1. The monoisotopic (exact) mass is 314 g/mol. The number of carbonyl (C=O) groups excluding carboxylic acids is 1. The number of fused-ring (bicyclic) bond motifs is 1. The molecule has 23 heavy (non-hydrogen) atoms. The van der Waals surface area contributed by atoms with Gasteiger partial charge in [0.25, 0.3) is 0 Å². The lowest BCUT2D eigenvalue weighted by Gasteiger charge is -2.08. The van der Waals surface area contributed by atoms with Crippen LogP contribution in [-0.2, 0) is 11.3 Å². The van der Waals surface area contributed by atoms with E-state index in [1.165, 1.54) is 0 Å². The summed E-state index contributed by atoms with van der Waals surface area (Å²) >= 11 is 0. The Labute approximate surface area is 134 Å². The van der Waals surface area contributed by atoms with Gasteiger partial charge in [0.1, 0.15) is 5.75 Å². The van der Waals surface area contributed by atoms with Crippen LogP contribution >= 0.6 is 0 Å². The van der Waals surface area contributed by atoms with Crippen LogP contribution < -0.4 is 24.8 Å². The first-order chi connectivity index (χ1) is 11.2. The Kier molecular flexibility index (Phi) is 4.63. The average molecular weight is 314 g/mol. The molecule has 0 saturated carbocycles. The fourth-order valence-electron chi connectivity index (χ4n) is 2.25. The highest BCUT2D eigenvalue weighted by atomic mass is 16.7. The zero-order chi connectivity index (χ0) is 16.1. The third kappa shape index (κ3) is 3.92. The Morgan fingerprint density at radius 3 is 2.70 bits per heavy atom. The van der Waals surface area contributed by atoms with E-state index in [1.807, 2.05) is 18.2 Å². The first-order valence-electron chi connectivity index (χ1n) is 7.28. The van der Waals surface area contributed by atoms with Gasteiger partial charge < -0.3 is 24.8 Å². The lowest BCUT2D eigenvalue weighted by molar-refractivity contribution is -0.115. The number of anilines is 1. The number of ether oxygens (including phenoxy) is 3. The smallest absolute Gasteiger partial charge is 0.238 e. The molecular formula is C17H18N2O4. The molecule has 120 valence electrons. The van der Waals surface area contributed by atoms with Crippen LogP contribution in [0.2, 0.25) is 0 Å². The van der Waals surface area contributed by atoms with Crippen molar-refractivity contribution in [3.05, 3.63) is 48.0 Å². The van der Waals surface area contributed by atoms with Gasteiger partial charge in [0, 0.05) is 12.2 Å². The molecule has 0 unspecified atom stereocenters. The van der Waals surface area contributed by atoms with E-state index in [9.17, 15) is 4.79 Å². The normalized spacial score (nSPS) is 12.0. The standard InChI is InChI=1S/C17H18N2O4/c1-21-14-5-3-13(4-6-14)19-17(20)10-18-9-12-2-7-15-16(8-12)23-11-22-15/h2-8,18H,9-11H2,1H3,(H,19,20). The van der Waals surface area contributed by atoms with Gasteiger partial charge in [-0.1, -0.05) is 6.07 Å². The predicted molar refractivity (Wildman–Crippen MR) is 85.9 cm³/mol. The number of benzene rings is 2. The van der Waals surface area contributed by atoms with Crippen LogP contribution in [0.25, 0.3) is 0 Å². The van der Waals surface area contributed by atoms with Crippen LogP contribution in [0.4, 0.5) is 5.69 Å². The lowest BCUT2D eigenvalue weighted by atomic mass is 10.2. The van der Waals surface area contributed by atoms with Gasteiger partial charge in [-0.15, -0.1) is 0 Å². The fourth-order valence-corrected chi connectivity index (χ4v) is 2.25. The third-order valence-electron chi connectivity index (χ3n) is 3.43. The van der Waals surface area contributed by atoms with Crippen LogP contribution in [0.5, 0.6) is 17.2 Å². The third-order valence-corrected chi connectivity index (χ3v) is 3.43. The summed E-state index contributed by atoms with van der Waals surface area (Å²) in [6.07, 6.45) is 0.